The second-order valence-corrected chi connectivity index (χ2v) is 9.11. The van der Waals surface area contributed by atoms with Gasteiger partial charge >= 0.3 is 0 Å². The molecule has 9 heteroatoms. The van der Waals surface area contributed by atoms with E-state index in [0.717, 1.165) is 64.2 Å². The molecule has 1 saturated heterocycles. The number of nitrogens with one attached hydrogen (secondary N) is 2. The van der Waals surface area contributed by atoms with Crippen LogP contribution in [-0.2, 0) is 6.54 Å². The molecule has 0 radical (unpaired) electrons. The average molecular weight is 474 g/mol. The number of aromatic nitrogens is 8. The zero-order chi connectivity index (χ0) is 23.9. The summed E-state index contributed by atoms with van der Waals surface area (Å²) in [6.07, 6.45) is 11.7. The van der Waals surface area contributed by atoms with E-state index < -0.39 is 0 Å². The summed E-state index contributed by atoms with van der Waals surface area (Å²) < 4.78 is 0. The monoisotopic (exact) mass is 473 g/mol. The third-order valence-electron chi connectivity index (χ3n) is 6.68. The topological polar surface area (TPSA) is 112 Å². The summed E-state index contributed by atoms with van der Waals surface area (Å²) in [7, 11) is 0. The van der Waals surface area contributed by atoms with Crippen LogP contribution in [0.5, 0.6) is 0 Å². The number of rotatable bonds is 5. The predicted octanol–water partition coefficient (Wildman–Crippen LogP) is 4.62. The van der Waals surface area contributed by atoms with Gasteiger partial charge in [-0.15, -0.1) is 0 Å². The molecule has 9 nitrogen and oxygen atoms in total. The van der Waals surface area contributed by atoms with Gasteiger partial charge in [-0.1, -0.05) is 0 Å². The third-order valence-corrected chi connectivity index (χ3v) is 6.68. The normalized spacial score (nSPS) is 14.2. The minimum absolute atomic E-state index is 0.644. The quantitative estimate of drug-likeness (QED) is 0.376. The molecule has 36 heavy (non-hydrogen) atoms. The van der Waals surface area contributed by atoms with Crippen molar-refractivity contribution in [2.24, 2.45) is 0 Å². The zero-order valence-electron chi connectivity index (χ0n) is 19.5. The van der Waals surface area contributed by atoms with E-state index in [1.807, 2.05) is 42.7 Å². The fourth-order valence-corrected chi connectivity index (χ4v) is 4.91. The largest absolute Gasteiger partial charge is 0.336 e. The number of hydrogen-bond acceptors (Lipinski definition) is 7. The highest BCUT2D eigenvalue weighted by Gasteiger charge is 2.18. The molecule has 0 bridgehead atoms. The van der Waals surface area contributed by atoms with Gasteiger partial charge in [-0.05, 0) is 67.9 Å². The maximum absolute atomic E-state index is 4.97. The fraction of sp³-hybridized carbons (Fsp3) is 0.185. The number of nitrogens with zero attached hydrogens (tertiary/aromatic N) is 7. The number of hydrogen-bond donors (Lipinski definition) is 2. The van der Waals surface area contributed by atoms with Gasteiger partial charge in [-0.3, -0.25) is 25.0 Å². The van der Waals surface area contributed by atoms with Crippen LogP contribution < -0.4 is 0 Å². The molecule has 0 unspecified atom stereocenters. The lowest BCUT2D eigenvalue weighted by Crippen LogP contribution is -2.18. The predicted molar refractivity (Wildman–Crippen MR) is 138 cm³/mol. The Labute approximate surface area is 206 Å². The van der Waals surface area contributed by atoms with Gasteiger partial charge in [0.1, 0.15) is 11.0 Å². The molecule has 1 aliphatic heterocycles. The van der Waals surface area contributed by atoms with Crippen LogP contribution >= 0.6 is 0 Å². The van der Waals surface area contributed by atoms with E-state index in [4.69, 9.17) is 9.97 Å². The van der Waals surface area contributed by atoms with Crippen LogP contribution in [0.25, 0.3) is 56.1 Å². The molecule has 1 fully saturated rings. The fourth-order valence-electron chi connectivity index (χ4n) is 4.91. The molecule has 0 amide bonds. The molecule has 0 saturated carbocycles. The first-order valence-corrected chi connectivity index (χ1v) is 12.1. The average Bonchev–Trinajstić information content (AvgIpc) is 3.68. The molecule has 1 aliphatic rings. The molecule has 0 aromatic carbocycles. The second kappa shape index (κ2) is 8.62. The smallest absolute Gasteiger partial charge is 0.161 e. The van der Waals surface area contributed by atoms with Crippen molar-refractivity contribution < 1.29 is 0 Å². The van der Waals surface area contributed by atoms with Gasteiger partial charge in [-0.2, -0.15) is 5.10 Å². The van der Waals surface area contributed by atoms with E-state index >= 15 is 0 Å². The van der Waals surface area contributed by atoms with Gasteiger partial charge in [0, 0.05) is 48.7 Å². The van der Waals surface area contributed by atoms with E-state index in [0.29, 0.717) is 11.5 Å². The Kier molecular flexibility index (Phi) is 4.99. The van der Waals surface area contributed by atoms with Crippen molar-refractivity contribution in [1.82, 2.24) is 45.0 Å². The zero-order valence-corrected chi connectivity index (χ0v) is 19.5. The molecule has 7 heterocycles. The van der Waals surface area contributed by atoms with Crippen LogP contribution in [0.2, 0.25) is 0 Å². The Bertz CT molecular complexity index is 1680. The Morgan fingerprint density at radius 2 is 1.64 bits per heavy atom. The molecular weight excluding hydrogens is 450 g/mol. The maximum atomic E-state index is 4.97. The molecule has 2 N–H and O–H groups in total. The van der Waals surface area contributed by atoms with Gasteiger partial charge in [0.05, 0.1) is 22.4 Å². The van der Waals surface area contributed by atoms with Crippen molar-refractivity contribution in [2.75, 3.05) is 13.1 Å². The van der Waals surface area contributed by atoms with Gasteiger partial charge in [0.25, 0.3) is 0 Å². The number of aromatic amines is 2. The highest BCUT2D eigenvalue weighted by molar-refractivity contribution is 5.95. The summed E-state index contributed by atoms with van der Waals surface area (Å²) in [5, 5.41) is 7.65. The van der Waals surface area contributed by atoms with Crippen LogP contribution in [0, 0.1) is 0 Å². The van der Waals surface area contributed by atoms with Crippen molar-refractivity contribution in [3.05, 3.63) is 72.9 Å². The number of likely N-dealkylation sites (tertiary alicyclic amines) is 1. The van der Waals surface area contributed by atoms with E-state index in [1.54, 1.807) is 18.6 Å². The lowest BCUT2D eigenvalue weighted by atomic mass is 10.1. The van der Waals surface area contributed by atoms with Gasteiger partial charge in [0.2, 0.25) is 0 Å². The van der Waals surface area contributed by atoms with Crippen LogP contribution in [-0.4, -0.2) is 58.1 Å². The van der Waals surface area contributed by atoms with Gasteiger partial charge in [0.15, 0.2) is 11.5 Å². The summed E-state index contributed by atoms with van der Waals surface area (Å²) >= 11 is 0. The summed E-state index contributed by atoms with van der Waals surface area (Å²) in [5.74, 6) is 0.644. The van der Waals surface area contributed by atoms with E-state index in [1.165, 1.54) is 18.4 Å². The second-order valence-electron chi connectivity index (χ2n) is 9.11. The summed E-state index contributed by atoms with van der Waals surface area (Å²) in [6, 6.07) is 12.0. The lowest BCUT2D eigenvalue weighted by molar-refractivity contribution is 0.331. The Morgan fingerprint density at radius 3 is 2.53 bits per heavy atom. The van der Waals surface area contributed by atoms with E-state index in [2.05, 4.69) is 41.1 Å². The Balaban J connectivity index is 1.28. The number of pyridine rings is 4. The van der Waals surface area contributed by atoms with Crippen LogP contribution in [0.4, 0.5) is 0 Å². The molecule has 0 atom stereocenters. The molecule has 6 aromatic rings. The molecule has 0 spiro atoms. The first kappa shape index (κ1) is 20.8. The molecule has 6 aromatic heterocycles. The first-order chi connectivity index (χ1) is 17.8. The minimum Gasteiger partial charge on any atom is -0.336 e. The van der Waals surface area contributed by atoms with Crippen molar-refractivity contribution in [1.29, 1.82) is 0 Å². The summed E-state index contributed by atoms with van der Waals surface area (Å²) in [6.45, 7) is 3.23. The standard InChI is InChI=1S/C27H23N9/c1-2-12-36(11-1)16-17-13-19(15-29-14-17)20-3-4-22-25(31-20)26(35-34-22)27-32-21-7-10-30-23(24(21)33-27)18-5-8-28-9-6-18/h3-10,13-15H,1-2,11-12,16H2,(H,32,33)(H,34,35). The lowest BCUT2D eigenvalue weighted by Gasteiger charge is -2.14. The third kappa shape index (κ3) is 3.70. The molecule has 0 aliphatic carbocycles. The number of imidazole rings is 1. The van der Waals surface area contributed by atoms with Crippen LogP contribution in [0.15, 0.2) is 67.4 Å². The van der Waals surface area contributed by atoms with Crippen molar-refractivity contribution in [2.45, 2.75) is 19.4 Å². The number of fused-ring (bicyclic) bond motifs is 2. The Morgan fingerprint density at radius 1 is 0.778 bits per heavy atom. The van der Waals surface area contributed by atoms with Crippen LogP contribution in [0.3, 0.4) is 0 Å². The molecule has 176 valence electrons. The number of H-pyrrole nitrogens is 2. The first-order valence-electron chi connectivity index (χ1n) is 12.1. The van der Waals surface area contributed by atoms with Gasteiger partial charge < -0.3 is 4.98 Å². The Hall–Kier alpha value is -4.50. The van der Waals surface area contributed by atoms with Crippen molar-refractivity contribution in [3.63, 3.8) is 0 Å². The highest BCUT2D eigenvalue weighted by Crippen LogP contribution is 2.30. The molecule has 7 rings (SSSR count). The van der Waals surface area contributed by atoms with E-state index in [9.17, 15) is 0 Å². The molecular formula is C27H23N9. The van der Waals surface area contributed by atoms with Crippen LogP contribution in [0.1, 0.15) is 18.4 Å². The summed E-state index contributed by atoms with van der Waals surface area (Å²) in [4.78, 5) is 28.9. The van der Waals surface area contributed by atoms with Gasteiger partial charge in [-0.25, -0.2) is 9.97 Å². The maximum Gasteiger partial charge on any atom is 0.161 e. The van der Waals surface area contributed by atoms with Crippen molar-refractivity contribution in [3.8, 4) is 34.0 Å². The van der Waals surface area contributed by atoms with Crippen molar-refractivity contribution >= 4 is 22.1 Å². The summed E-state index contributed by atoms with van der Waals surface area (Å²) in [5.41, 5.74) is 8.77. The SMILES string of the molecule is c1cc(-c2nccc3[nH]c(-c4n[nH]c5ccc(-c6cncc(CN7CCCC7)c6)nc45)nc23)ccn1. The minimum atomic E-state index is 0.644. The highest BCUT2D eigenvalue weighted by atomic mass is 15.2. The van der Waals surface area contributed by atoms with E-state index in [-0.39, 0.29) is 0 Å².